The van der Waals surface area contributed by atoms with Crippen molar-refractivity contribution in [2.45, 2.75) is 12.5 Å². The van der Waals surface area contributed by atoms with Gasteiger partial charge in [0.15, 0.2) is 5.78 Å². The van der Waals surface area contributed by atoms with Crippen molar-refractivity contribution < 1.29 is 4.79 Å². The van der Waals surface area contributed by atoms with Crippen LogP contribution in [0.3, 0.4) is 0 Å². The van der Waals surface area contributed by atoms with Gasteiger partial charge in [0.25, 0.3) is 0 Å². The van der Waals surface area contributed by atoms with Gasteiger partial charge in [0.2, 0.25) is 0 Å². The molecule has 0 radical (unpaired) electrons. The minimum Gasteiger partial charge on any atom is -0.306 e. The molecule has 2 heteroatoms. The van der Waals surface area contributed by atoms with Crippen LogP contribution in [0.25, 0.3) is 0 Å². The molecule has 0 aromatic carbocycles. The molecule has 1 aliphatic heterocycles. The third-order valence-electron chi connectivity index (χ3n) is 1.74. The second-order valence-corrected chi connectivity index (χ2v) is 2.30. The fraction of sp³-hybridized carbons (Fsp3) is 0.800. The Hall–Kier alpha value is -0.370. The maximum absolute atomic E-state index is 10.6. The zero-order valence-electron chi connectivity index (χ0n) is 3.98. The number of piperidine rings is 1. The van der Waals surface area contributed by atoms with Crippen LogP contribution < -0.4 is 5.32 Å². The van der Waals surface area contributed by atoms with Crippen LogP contribution in [0, 0.1) is 5.92 Å². The van der Waals surface area contributed by atoms with Gasteiger partial charge >= 0.3 is 0 Å². The summed E-state index contributed by atoms with van der Waals surface area (Å²) < 4.78 is 0. The van der Waals surface area contributed by atoms with Crippen molar-refractivity contribution in [2.75, 3.05) is 6.54 Å². The van der Waals surface area contributed by atoms with E-state index in [4.69, 9.17) is 0 Å². The topological polar surface area (TPSA) is 29.1 Å². The van der Waals surface area contributed by atoms with E-state index in [2.05, 4.69) is 5.32 Å². The van der Waals surface area contributed by atoms with E-state index in [0.29, 0.717) is 24.3 Å². The van der Waals surface area contributed by atoms with Crippen molar-refractivity contribution in [3.63, 3.8) is 0 Å². The Morgan fingerprint density at radius 1 is 1.71 bits per heavy atom. The molecular weight excluding hydrogens is 90.1 g/mol. The summed E-state index contributed by atoms with van der Waals surface area (Å²) in [7, 11) is 0. The van der Waals surface area contributed by atoms with E-state index in [9.17, 15) is 4.79 Å². The predicted molar refractivity (Wildman–Crippen MR) is 24.9 cm³/mol. The lowest BCUT2D eigenvalue weighted by Crippen LogP contribution is -2.14. The average Bonchev–Trinajstić information content (AvgIpc) is 2.33. The summed E-state index contributed by atoms with van der Waals surface area (Å²) in [6, 6.07) is 0.590. The van der Waals surface area contributed by atoms with Gasteiger partial charge in [0.1, 0.15) is 0 Å². The summed E-state index contributed by atoms with van der Waals surface area (Å²) in [4.78, 5) is 10.6. The van der Waals surface area contributed by atoms with E-state index in [1.54, 1.807) is 0 Å². The van der Waals surface area contributed by atoms with Gasteiger partial charge in [0.05, 0.1) is 6.54 Å². The van der Waals surface area contributed by atoms with Gasteiger partial charge in [-0.2, -0.15) is 0 Å². The first-order chi connectivity index (χ1) is 3.38. The standard InChI is InChI=1S/C5H7NO/c7-5-2-6-4-1-3(4)5/h3-4,6H,1-2H2/t3-,4+/m1/s1. The monoisotopic (exact) mass is 97.1 g/mol. The number of fused-ring (bicyclic) bond motifs is 1. The first-order valence-electron chi connectivity index (χ1n) is 2.64. The lowest BCUT2D eigenvalue weighted by atomic mass is 10.3. The summed E-state index contributed by atoms with van der Waals surface area (Å²) in [5, 5.41) is 3.09. The second kappa shape index (κ2) is 0.892. The first-order valence-corrected chi connectivity index (χ1v) is 2.64. The maximum Gasteiger partial charge on any atom is 0.151 e. The number of hydrogen-bond donors (Lipinski definition) is 1. The fourth-order valence-electron chi connectivity index (χ4n) is 1.14. The number of nitrogens with one attached hydrogen (secondary N) is 1. The van der Waals surface area contributed by atoms with Gasteiger partial charge in [-0.1, -0.05) is 0 Å². The Bertz CT molecular complexity index is 121. The molecule has 1 N–H and O–H groups in total. The molecule has 2 fully saturated rings. The van der Waals surface area contributed by atoms with Gasteiger partial charge in [0, 0.05) is 12.0 Å². The molecule has 0 amide bonds. The molecule has 1 saturated carbocycles. The zero-order chi connectivity index (χ0) is 4.85. The third-order valence-corrected chi connectivity index (χ3v) is 1.74. The van der Waals surface area contributed by atoms with Crippen LogP contribution in [0.2, 0.25) is 0 Å². The van der Waals surface area contributed by atoms with Crippen LogP contribution in [-0.2, 0) is 4.79 Å². The highest BCUT2D eigenvalue weighted by Gasteiger charge is 2.47. The smallest absolute Gasteiger partial charge is 0.151 e. The number of ketones is 1. The quantitative estimate of drug-likeness (QED) is 0.443. The molecule has 1 saturated heterocycles. The van der Waals surface area contributed by atoms with E-state index in [1.807, 2.05) is 0 Å². The van der Waals surface area contributed by atoms with Crippen LogP contribution in [0.1, 0.15) is 6.42 Å². The van der Waals surface area contributed by atoms with Crippen LogP contribution in [0.5, 0.6) is 0 Å². The van der Waals surface area contributed by atoms with Crippen LogP contribution in [0.15, 0.2) is 0 Å². The van der Waals surface area contributed by atoms with Crippen molar-refractivity contribution in [2.24, 2.45) is 5.92 Å². The van der Waals surface area contributed by atoms with Gasteiger partial charge in [-0.05, 0) is 6.42 Å². The second-order valence-electron chi connectivity index (χ2n) is 2.30. The Kier molecular flexibility index (Phi) is 0.460. The molecular formula is C5H7NO. The highest BCUT2D eigenvalue weighted by molar-refractivity contribution is 5.89. The van der Waals surface area contributed by atoms with E-state index >= 15 is 0 Å². The number of hydrogen-bond acceptors (Lipinski definition) is 2. The Balaban J connectivity index is 2.21. The molecule has 2 aliphatic rings. The zero-order valence-corrected chi connectivity index (χ0v) is 3.98. The molecule has 1 aliphatic carbocycles. The highest BCUT2D eigenvalue weighted by atomic mass is 16.1. The predicted octanol–water partition coefficient (Wildman–Crippen LogP) is -0.453. The molecule has 0 spiro atoms. The largest absolute Gasteiger partial charge is 0.306 e. The molecule has 0 bridgehead atoms. The SMILES string of the molecule is O=C1CN[C@H]2C[C@@H]12. The fourth-order valence-corrected chi connectivity index (χ4v) is 1.14. The third kappa shape index (κ3) is 0.347. The number of rotatable bonds is 0. The normalized spacial score (nSPS) is 46.6. The van der Waals surface area contributed by atoms with Crippen LogP contribution in [-0.4, -0.2) is 18.4 Å². The first kappa shape index (κ1) is 3.61. The molecule has 38 valence electrons. The molecule has 2 nitrogen and oxygen atoms in total. The number of Topliss-reactive ketones (excluding diaryl/α,β-unsaturated/α-hetero) is 1. The summed E-state index contributed by atoms with van der Waals surface area (Å²) in [5.74, 6) is 0.852. The summed E-state index contributed by atoms with van der Waals surface area (Å²) in [5.41, 5.74) is 0. The molecule has 0 aromatic rings. The minimum atomic E-state index is 0.421. The van der Waals surface area contributed by atoms with Gasteiger partial charge < -0.3 is 5.32 Å². The summed E-state index contributed by atoms with van der Waals surface area (Å²) >= 11 is 0. The van der Waals surface area contributed by atoms with E-state index in [1.165, 1.54) is 0 Å². The molecule has 0 aromatic heterocycles. The van der Waals surface area contributed by atoms with Crippen molar-refractivity contribution >= 4 is 5.78 Å². The minimum absolute atomic E-state index is 0.421. The lowest BCUT2D eigenvalue weighted by Gasteiger charge is -1.85. The average molecular weight is 97.1 g/mol. The van der Waals surface area contributed by atoms with Gasteiger partial charge in [-0.15, -0.1) is 0 Å². The molecule has 0 unspecified atom stereocenters. The van der Waals surface area contributed by atoms with Crippen molar-refractivity contribution in [1.82, 2.24) is 5.32 Å². The maximum atomic E-state index is 10.6. The molecule has 1 heterocycles. The van der Waals surface area contributed by atoms with E-state index < -0.39 is 0 Å². The van der Waals surface area contributed by atoms with Crippen molar-refractivity contribution in [3.05, 3.63) is 0 Å². The molecule has 2 rings (SSSR count). The summed E-state index contributed by atoms with van der Waals surface area (Å²) in [6.45, 7) is 0.634. The van der Waals surface area contributed by atoms with Crippen molar-refractivity contribution in [3.8, 4) is 0 Å². The molecule has 2 atom stereocenters. The van der Waals surface area contributed by atoms with Crippen LogP contribution in [0.4, 0.5) is 0 Å². The Morgan fingerprint density at radius 2 is 2.57 bits per heavy atom. The van der Waals surface area contributed by atoms with E-state index in [0.717, 1.165) is 6.42 Å². The van der Waals surface area contributed by atoms with Crippen LogP contribution >= 0.6 is 0 Å². The number of carbonyl (C=O) groups excluding carboxylic acids is 1. The van der Waals surface area contributed by atoms with Crippen molar-refractivity contribution in [1.29, 1.82) is 0 Å². The Labute approximate surface area is 41.9 Å². The van der Waals surface area contributed by atoms with Gasteiger partial charge in [-0.25, -0.2) is 0 Å². The lowest BCUT2D eigenvalue weighted by molar-refractivity contribution is -0.118. The Morgan fingerprint density at radius 3 is 2.71 bits per heavy atom. The van der Waals surface area contributed by atoms with Gasteiger partial charge in [-0.3, -0.25) is 4.79 Å². The summed E-state index contributed by atoms with van der Waals surface area (Å²) in [6.07, 6.45) is 1.11. The van der Waals surface area contributed by atoms with E-state index in [-0.39, 0.29) is 0 Å². The molecule has 7 heavy (non-hydrogen) atoms. The highest BCUT2D eigenvalue weighted by Crippen LogP contribution is 2.34. The number of carbonyl (C=O) groups is 1.